The summed E-state index contributed by atoms with van der Waals surface area (Å²) >= 11 is 0. The summed E-state index contributed by atoms with van der Waals surface area (Å²) in [6.07, 6.45) is 3.26. The molecule has 17 heavy (non-hydrogen) atoms. The van der Waals surface area contributed by atoms with E-state index >= 15 is 0 Å². The lowest BCUT2D eigenvalue weighted by Gasteiger charge is -2.05. The number of anilines is 1. The number of hydrogen-bond acceptors (Lipinski definition) is 5. The Labute approximate surface area is 102 Å². The molecule has 0 aliphatic carbocycles. The average Bonchev–Trinajstić information content (AvgIpc) is 2.38. The van der Waals surface area contributed by atoms with Crippen molar-refractivity contribution < 1.29 is 4.21 Å². The van der Waals surface area contributed by atoms with Crippen LogP contribution in [-0.2, 0) is 10.8 Å². The molecule has 0 aliphatic heterocycles. The van der Waals surface area contributed by atoms with Gasteiger partial charge in [0.15, 0.2) is 5.65 Å². The Balaban J connectivity index is 2.02. The second kappa shape index (κ2) is 5.67. The van der Waals surface area contributed by atoms with Gasteiger partial charge in [0.1, 0.15) is 11.3 Å². The van der Waals surface area contributed by atoms with Crippen LogP contribution in [0.5, 0.6) is 0 Å². The summed E-state index contributed by atoms with van der Waals surface area (Å²) in [5.74, 6) is 2.07. The summed E-state index contributed by atoms with van der Waals surface area (Å²) in [4.78, 5) is 12.6. The first-order valence-corrected chi connectivity index (χ1v) is 6.95. The quantitative estimate of drug-likeness (QED) is 0.863. The lowest BCUT2D eigenvalue weighted by atomic mass is 10.4. The van der Waals surface area contributed by atoms with Crippen LogP contribution < -0.4 is 5.32 Å². The topological polar surface area (TPSA) is 67.8 Å². The smallest absolute Gasteiger partial charge is 0.180 e. The first-order valence-electron chi connectivity index (χ1n) is 5.46. The minimum atomic E-state index is -0.746. The van der Waals surface area contributed by atoms with Gasteiger partial charge in [-0.2, -0.15) is 0 Å². The third kappa shape index (κ3) is 3.20. The summed E-state index contributed by atoms with van der Waals surface area (Å²) in [7, 11) is -0.746. The zero-order valence-electron chi connectivity index (χ0n) is 9.59. The minimum Gasteiger partial charge on any atom is -0.369 e. The number of pyridine rings is 1. The summed E-state index contributed by atoms with van der Waals surface area (Å²) in [6, 6.07) is 3.72. The summed E-state index contributed by atoms with van der Waals surface area (Å²) in [5.41, 5.74) is 1.39. The van der Waals surface area contributed by atoms with Crippen LogP contribution in [0.2, 0.25) is 0 Å². The van der Waals surface area contributed by atoms with E-state index in [9.17, 15) is 4.21 Å². The van der Waals surface area contributed by atoms with Gasteiger partial charge in [-0.25, -0.2) is 9.97 Å². The Morgan fingerprint density at radius 1 is 1.29 bits per heavy atom. The highest BCUT2D eigenvalue weighted by molar-refractivity contribution is 7.84. The van der Waals surface area contributed by atoms with Crippen LogP contribution in [0, 0.1) is 0 Å². The van der Waals surface area contributed by atoms with Gasteiger partial charge in [-0.05, 0) is 12.1 Å². The zero-order chi connectivity index (χ0) is 12.1. The van der Waals surface area contributed by atoms with Crippen LogP contribution >= 0.6 is 0 Å². The van der Waals surface area contributed by atoms with E-state index in [0.717, 1.165) is 11.3 Å². The van der Waals surface area contributed by atoms with Gasteiger partial charge in [0.25, 0.3) is 0 Å². The zero-order valence-corrected chi connectivity index (χ0v) is 10.4. The van der Waals surface area contributed by atoms with Gasteiger partial charge in [-0.15, -0.1) is 0 Å². The van der Waals surface area contributed by atoms with Crippen LogP contribution in [0.15, 0.2) is 24.5 Å². The van der Waals surface area contributed by atoms with Crippen LogP contribution in [0.4, 0.5) is 5.82 Å². The predicted octanol–water partition coefficient (Wildman–Crippen LogP) is 1.21. The molecule has 0 saturated heterocycles. The molecule has 0 saturated carbocycles. The first kappa shape index (κ1) is 11.9. The van der Waals surface area contributed by atoms with Gasteiger partial charge in [-0.1, -0.05) is 6.92 Å². The van der Waals surface area contributed by atoms with E-state index < -0.39 is 10.8 Å². The molecule has 6 heteroatoms. The average molecular weight is 250 g/mol. The normalized spacial score (nSPS) is 12.5. The predicted molar refractivity (Wildman–Crippen MR) is 69.4 cm³/mol. The molecule has 0 spiro atoms. The number of hydrogen-bond donors (Lipinski definition) is 1. The molecule has 5 nitrogen and oxygen atoms in total. The fraction of sp³-hybridized carbons (Fsp3) is 0.364. The van der Waals surface area contributed by atoms with Gasteiger partial charge in [0, 0.05) is 41.2 Å². The molecule has 2 aromatic rings. The fourth-order valence-electron chi connectivity index (χ4n) is 1.39. The third-order valence-corrected chi connectivity index (χ3v) is 3.59. The number of nitrogens with zero attached hydrogens (tertiary/aromatic N) is 3. The van der Waals surface area contributed by atoms with Crippen molar-refractivity contribution in [1.29, 1.82) is 0 Å². The molecule has 2 heterocycles. The highest BCUT2D eigenvalue weighted by atomic mass is 32.2. The van der Waals surface area contributed by atoms with E-state index in [0.29, 0.717) is 23.7 Å². The second-order valence-corrected chi connectivity index (χ2v) is 5.32. The van der Waals surface area contributed by atoms with Crippen molar-refractivity contribution in [2.75, 3.05) is 23.4 Å². The minimum absolute atomic E-state index is 0.620. The van der Waals surface area contributed by atoms with Crippen molar-refractivity contribution in [3.8, 4) is 0 Å². The Kier molecular flexibility index (Phi) is 3.98. The lowest BCUT2D eigenvalue weighted by molar-refractivity contribution is 0.684. The Hall–Kier alpha value is -1.56. The maximum absolute atomic E-state index is 11.2. The summed E-state index contributed by atoms with van der Waals surface area (Å²) < 4.78 is 11.2. The molecule has 1 N–H and O–H groups in total. The van der Waals surface area contributed by atoms with Gasteiger partial charge in [0.05, 0.1) is 0 Å². The van der Waals surface area contributed by atoms with Crippen LogP contribution in [0.25, 0.3) is 11.2 Å². The highest BCUT2D eigenvalue weighted by Crippen LogP contribution is 2.09. The molecule has 2 aromatic heterocycles. The van der Waals surface area contributed by atoms with Crippen LogP contribution in [0.1, 0.15) is 6.92 Å². The third-order valence-electron chi connectivity index (χ3n) is 2.29. The molecule has 0 amide bonds. The SMILES string of the molecule is CCS(=O)CCNc1ccc2nccnc2n1. The number of aromatic nitrogens is 3. The van der Waals surface area contributed by atoms with Gasteiger partial charge >= 0.3 is 0 Å². The molecule has 0 bridgehead atoms. The van der Waals surface area contributed by atoms with Crippen molar-refractivity contribution in [1.82, 2.24) is 15.0 Å². The second-order valence-electron chi connectivity index (χ2n) is 3.45. The molecule has 90 valence electrons. The Morgan fingerprint density at radius 2 is 2.12 bits per heavy atom. The molecule has 1 atom stereocenters. The highest BCUT2D eigenvalue weighted by Gasteiger charge is 2.00. The standard InChI is InChI=1S/C11H14N4OS/c1-2-17(16)8-7-13-10-4-3-9-11(15-10)14-6-5-12-9/h3-6H,2,7-8H2,1H3,(H,13,14,15). The maximum atomic E-state index is 11.2. The molecule has 0 radical (unpaired) electrons. The lowest BCUT2D eigenvalue weighted by Crippen LogP contribution is -2.12. The summed E-state index contributed by atoms with van der Waals surface area (Å²) in [6.45, 7) is 2.57. The van der Waals surface area contributed by atoms with Crippen LogP contribution in [-0.4, -0.2) is 37.2 Å². The van der Waals surface area contributed by atoms with Gasteiger partial charge in [0.2, 0.25) is 0 Å². The van der Waals surface area contributed by atoms with Crippen molar-refractivity contribution in [3.63, 3.8) is 0 Å². The summed E-state index contributed by atoms with van der Waals surface area (Å²) in [5, 5.41) is 3.13. The van der Waals surface area contributed by atoms with E-state index in [2.05, 4.69) is 20.3 Å². The molecular weight excluding hydrogens is 236 g/mol. The number of rotatable bonds is 5. The Bertz CT molecular complexity index is 532. The number of fused-ring (bicyclic) bond motifs is 1. The van der Waals surface area contributed by atoms with Crippen molar-refractivity contribution >= 4 is 27.8 Å². The molecule has 0 fully saturated rings. The monoisotopic (exact) mass is 250 g/mol. The fourth-order valence-corrected chi connectivity index (χ4v) is 2.01. The van der Waals surface area contributed by atoms with Gasteiger partial charge in [-0.3, -0.25) is 9.19 Å². The van der Waals surface area contributed by atoms with Crippen LogP contribution in [0.3, 0.4) is 0 Å². The van der Waals surface area contributed by atoms with Gasteiger partial charge < -0.3 is 5.32 Å². The van der Waals surface area contributed by atoms with E-state index in [-0.39, 0.29) is 0 Å². The molecule has 0 aliphatic rings. The van der Waals surface area contributed by atoms with Crippen molar-refractivity contribution in [2.24, 2.45) is 0 Å². The first-order chi connectivity index (χ1) is 8.29. The van der Waals surface area contributed by atoms with E-state index in [4.69, 9.17) is 0 Å². The van der Waals surface area contributed by atoms with E-state index in [1.165, 1.54) is 0 Å². The van der Waals surface area contributed by atoms with Crippen molar-refractivity contribution in [3.05, 3.63) is 24.5 Å². The molecule has 0 aromatic carbocycles. The number of nitrogens with one attached hydrogen (secondary N) is 1. The maximum Gasteiger partial charge on any atom is 0.180 e. The molecular formula is C11H14N4OS. The molecule has 2 rings (SSSR count). The van der Waals surface area contributed by atoms with E-state index in [1.54, 1.807) is 12.4 Å². The largest absolute Gasteiger partial charge is 0.369 e. The Morgan fingerprint density at radius 3 is 2.94 bits per heavy atom. The molecule has 1 unspecified atom stereocenters. The van der Waals surface area contributed by atoms with E-state index in [1.807, 2.05) is 19.1 Å². The van der Waals surface area contributed by atoms with Crippen molar-refractivity contribution in [2.45, 2.75) is 6.92 Å².